The lowest BCUT2D eigenvalue weighted by Gasteiger charge is -2.33. The topological polar surface area (TPSA) is 3.24 Å². The van der Waals surface area contributed by atoms with E-state index in [1.54, 1.807) is 0 Å². The van der Waals surface area contributed by atoms with Crippen molar-refractivity contribution in [2.45, 2.75) is 90.4 Å². The molecule has 61 heavy (non-hydrogen) atoms. The Hall–Kier alpha value is -5.92. The van der Waals surface area contributed by atoms with E-state index in [-0.39, 0.29) is 0 Å². The Morgan fingerprint density at radius 1 is 0.689 bits per heavy atom. The highest BCUT2D eigenvalue weighted by atomic mass is 15.2. The van der Waals surface area contributed by atoms with Crippen molar-refractivity contribution in [1.82, 2.24) is 0 Å². The molecule has 0 aliphatic heterocycles. The average Bonchev–Trinajstić information content (AvgIpc) is 4.09. The molecule has 1 fully saturated rings. The molecular formula is C60H61N. The van der Waals surface area contributed by atoms with Gasteiger partial charge in [0.1, 0.15) is 0 Å². The van der Waals surface area contributed by atoms with Crippen LogP contribution in [-0.4, -0.2) is 0 Å². The first-order valence-corrected chi connectivity index (χ1v) is 23.2. The van der Waals surface area contributed by atoms with Crippen LogP contribution in [0.2, 0.25) is 0 Å². The molecule has 0 heterocycles. The Kier molecular flexibility index (Phi) is 12.7. The van der Waals surface area contributed by atoms with E-state index in [0.717, 1.165) is 56.8 Å². The zero-order valence-electron chi connectivity index (χ0n) is 36.3. The number of allylic oxidation sites excluding steroid dienone is 12. The molecule has 10 rings (SSSR count). The fourth-order valence-electron chi connectivity index (χ4n) is 9.93. The summed E-state index contributed by atoms with van der Waals surface area (Å²) in [7, 11) is 0. The summed E-state index contributed by atoms with van der Waals surface area (Å²) in [4.78, 5) is 2.51. The van der Waals surface area contributed by atoms with Crippen molar-refractivity contribution >= 4 is 46.5 Å². The molecule has 306 valence electrons. The van der Waals surface area contributed by atoms with E-state index in [1.807, 2.05) is 0 Å². The van der Waals surface area contributed by atoms with E-state index in [9.17, 15) is 0 Å². The first-order valence-electron chi connectivity index (χ1n) is 23.2. The summed E-state index contributed by atoms with van der Waals surface area (Å²) in [6.07, 6.45) is 42.8. The molecule has 0 bridgehead atoms. The minimum absolute atomic E-state index is 0.554. The summed E-state index contributed by atoms with van der Waals surface area (Å²) in [5, 5.41) is 2.80. The molecule has 0 aromatic heterocycles. The predicted octanol–water partition coefficient (Wildman–Crippen LogP) is 16.7. The van der Waals surface area contributed by atoms with E-state index in [1.165, 1.54) is 104 Å². The molecule has 0 N–H and O–H groups in total. The summed E-state index contributed by atoms with van der Waals surface area (Å²) in [6, 6.07) is 37.9. The Morgan fingerprint density at radius 2 is 1.43 bits per heavy atom. The molecule has 5 aliphatic rings. The Morgan fingerprint density at radius 3 is 2.18 bits per heavy atom. The van der Waals surface area contributed by atoms with Crippen molar-refractivity contribution in [3.05, 3.63) is 214 Å². The van der Waals surface area contributed by atoms with Crippen LogP contribution in [0.3, 0.4) is 0 Å². The van der Waals surface area contributed by atoms with E-state index in [2.05, 4.69) is 201 Å². The van der Waals surface area contributed by atoms with Crippen molar-refractivity contribution in [2.24, 2.45) is 11.8 Å². The van der Waals surface area contributed by atoms with E-state index < -0.39 is 0 Å². The van der Waals surface area contributed by atoms with Gasteiger partial charge in [-0.1, -0.05) is 178 Å². The van der Waals surface area contributed by atoms with Crippen molar-refractivity contribution in [2.75, 3.05) is 4.90 Å². The Balaban J connectivity index is 0.000000163. The van der Waals surface area contributed by atoms with Gasteiger partial charge in [-0.25, -0.2) is 0 Å². The van der Waals surface area contributed by atoms with Crippen molar-refractivity contribution in [3.63, 3.8) is 0 Å². The quantitative estimate of drug-likeness (QED) is 0.129. The molecule has 5 aromatic rings. The third kappa shape index (κ3) is 9.38. The van der Waals surface area contributed by atoms with Crippen molar-refractivity contribution in [1.29, 1.82) is 0 Å². The van der Waals surface area contributed by atoms with Crippen LogP contribution >= 0.6 is 0 Å². The molecule has 3 unspecified atom stereocenters. The van der Waals surface area contributed by atoms with Gasteiger partial charge in [-0.05, 0) is 162 Å². The molecule has 0 saturated heterocycles. The van der Waals surface area contributed by atoms with Gasteiger partial charge in [0, 0.05) is 16.9 Å². The summed E-state index contributed by atoms with van der Waals surface area (Å²) in [6.45, 7) is 4.65. The number of fused-ring (bicyclic) bond motifs is 4. The Bertz CT molecular complexity index is 2590. The molecule has 1 heteroatoms. The summed E-state index contributed by atoms with van der Waals surface area (Å²) < 4.78 is 0. The summed E-state index contributed by atoms with van der Waals surface area (Å²) >= 11 is 0. The number of nitrogens with zero attached hydrogens (tertiary/aromatic N) is 1. The predicted molar refractivity (Wildman–Crippen MR) is 265 cm³/mol. The number of hydrogen-bond acceptors (Lipinski definition) is 1. The minimum atomic E-state index is 0.554. The molecule has 1 saturated carbocycles. The van der Waals surface area contributed by atoms with Gasteiger partial charge in [0.25, 0.3) is 0 Å². The number of benzene rings is 5. The molecule has 0 spiro atoms. The third-order valence-corrected chi connectivity index (χ3v) is 13.4. The number of para-hydroxylation sites is 1. The van der Waals surface area contributed by atoms with Gasteiger partial charge in [0.15, 0.2) is 0 Å². The van der Waals surface area contributed by atoms with Gasteiger partial charge >= 0.3 is 0 Å². The standard InChI is InChI=1S/C34H35N.C26H26/c1-25-24-29(25)17-16-28-20-23-34(33-15-9-8-14-32(28)33)35(30-12-6-3-7-13-30)31-21-18-27(19-22-31)26-10-4-2-5-11-26;1-2-11-21(18-20-12-5-3-6-13-20)26-19-22-14-7-4-8-15-23(22)24-16-9-10-17-25(24)26/h2-4,6-7,9-10,12-13,15-18,20-21,23,25,29H,5,8,11,14,19,22,24H2,1H3;3,5-10,12-17,19,21H,2,4,11,18H2,1H3/b17-16-;. The zero-order chi connectivity index (χ0) is 41.4. The summed E-state index contributed by atoms with van der Waals surface area (Å²) in [5.41, 5.74) is 16.9. The van der Waals surface area contributed by atoms with Gasteiger partial charge in [-0.15, -0.1) is 0 Å². The van der Waals surface area contributed by atoms with E-state index in [0.29, 0.717) is 5.92 Å². The smallest absolute Gasteiger partial charge is 0.0533 e. The van der Waals surface area contributed by atoms with Crippen LogP contribution in [0.5, 0.6) is 0 Å². The van der Waals surface area contributed by atoms with Crippen LogP contribution in [0.25, 0.3) is 35.1 Å². The highest BCUT2D eigenvalue weighted by Crippen LogP contribution is 2.43. The van der Waals surface area contributed by atoms with Crippen molar-refractivity contribution in [3.8, 4) is 0 Å². The third-order valence-electron chi connectivity index (χ3n) is 13.4. The number of rotatable bonds is 11. The second-order valence-corrected chi connectivity index (χ2v) is 17.7. The largest absolute Gasteiger partial charge is 0.314 e. The van der Waals surface area contributed by atoms with Crippen LogP contribution in [0, 0.1) is 11.8 Å². The lowest BCUT2D eigenvalue weighted by molar-refractivity contribution is 0.614. The fourth-order valence-corrected chi connectivity index (χ4v) is 9.93. The van der Waals surface area contributed by atoms with Gasteiger partial charge in [0.05, 0.1) is 5.69 Å². The maximum Gasteiger partial charge on any atom is 0.0533 e. The zero-order valence-corrected chi connectivity index (χ0v) is 36.3. The minimum Gasteiger partial charge on any atom is -0.314 e. The lowest BCUT2D eigenvalue weighted by atomic mass is 9.83. The number of anilines is 2. The number of hydrogen-bond donors (Lipinski definition) is 0. The first kappa shape index (κ1) is 40.5. The lowest BCUT2D eigenvalue weighted by Crippen LogP contribution is -2.20. The molecular weight excluding hydrogens is 735 g/mol. The molecule has 5 aromatic carbocycles. The monoisotopic (exact) mass is 795 g/mol. The van der Waals surface area contributed by atoms with E-state index in [4.69, 9.17) is 0 Å². The van der Waals surface area contributed by atoms with Gasteiger partial charge in [-0.2, -0.15) is 0 Å². The van der Waals surface area contributed by atoms with Crippen LogP contribution in [0.4, 0.5) is 11.4 Å². The first-order chi connectivity index (χ1) is 30.1. The normalized spacial score (nSPS) is 19.2. The molecule has 3 atom stereocenters. The van der Waals surface area contributed by atoms with E-state index >= 15 is 0 Å². The van der Waals surface area contributed by atoms with Crippen LogP contribution in [-0.2, 0) is 12.8 Å². The molecule has 5 aliphatic carbocycles. The van der Waals surface area contributed by atoms with Crippen LogP contribution < -0.4 is 4.90 Å². The van der Waals surface area contributed by atoms with Gasteiger partial charge in [-0.3, -0.25) is 0 Å². The highest BCUT2D eigenvalue weighted by Gasteiger charge is 2.30. The Labute approximate surface area is 365 Å². The second kappa shape index (κ2) is 19.2. The fraction of sp³-hybridized carbons (Fsp3) is 0.267. The maximum absolute atomic E-state index is 2.51. The average molecular weight is 796 g/mol. The molecule has 1 nitrogen and oxygen atoms in total. The van der Waals surface area contributed by atoms with Gasteiger partial charge < -0.3 is 4.90 Å². The molecule has 0 radical (unpaired) electrons. The van der Waals surface area contributed by atoms with Crippen LogP contribution in [0.15, 0.2) is 175 Å². The SMILES string of the molecule is CC1CC1/C=C\c1ccc(N(C2=CC=C(C3=CC=CCC3)CC2)c2ccccc2)c2c1CCC=C2.CCCC(Cc1ccccc1)c1cc2c(c3ccccc13)C=CCC=C2. The second-order valence-electron chi connectivity index (χ2n) is 17.7. The van der Waals surface area contributed by atoms with Crippen LogP contribution in [0.1, 0.15) is 116 Å². The highest BCUT2D eigenvalue weighted by molar-refractivity contribution is 5.97. The summed E-state index contributed by atoms with van der Waals surface area (Å²) in [5.74, 6) is 2.18. The maximum atomic E-state index is 2.51. The van der Waals surface area contributed by atoms with Gasteiger partial charge in [0.2, 0.25) is 0 Å². The van der Waals surface area contributed by atoms with Crippen molar-refractivity contribution < 1.29 is 0 Å². The molecule has 0 amide bonds.